The number of hydrogen-bond donors (Lipinski definition) is 1. The third kappa shape index (κ3) is 3.04. The molecule has 0 aromatic rings. The van der Waals surface area contributed by atoms with E-state index in [1.54, 1.807) is 21.3 Å². The number of carbonyl (C=O) groups is 2. The van der Waals surface area contributed by atoms with Crippen LogP contribution in [0, 0.1) is 40.4 Å². The van der Waals surface area contributed by atoms with E-state index < -0.39 is 11.0 Å². The van der Waals surface area contributed by atoms with Gasteiger partial charge in [-0.2, -0.15) is 0 Å². The number of nitrogens with zero attached hydrogens (tertiary/aromatic N) is 1. The molecule has 5 bridgehead atoms. The molecule has 208 valence electrons. The predicted octanol–water partition coefficient (Wildman–Crippen LogP) is 1.64. The van der Waals surface area contributed by atoms with Gasteiger partial charge in [-0.1, -0.05) is 6.92 Å². The molecule has 5 aliphatic carbocycles. The molecule has 2 unspecified atom stereocenters. The number of fused-ring (bicyclic) bond motifs is 1. The molecule has 0 aromatic heterocycles. The number of likely N-dealkylation sites (tertiary alicyclic amines) is 1. The predicted molar refractivity (Wildman–Crippen MR) is 131 cm³/mol. The van der Waals surface area contributed by atoms with Crippen molar-refractivity contribution in [2.24, 2.45) is 40.4 Å². The summed E-state index contributed by atoms with van der Waals surface area (Å²) < 4.78 is 30.1. The minimum Gasteiger partial charge on any atom is -0.462 e. The van der Waals surface area contributed by atoms with Crippen molar-refractivity contribution < 1.29 is 38.4 Å². The molecule has 13 atom stereocenters. The zero-order valence-electron chi connectivity index (χ0n) is 23.0. The molecule has 9 heteroatoms. The highest BCUT2D eigenvalue weighted by atomic mass is 16.6. The zero-order valence-corrected chi connectivity index (χ0v) is 23.0. The molecule has 6 aliphatic rings. The molecule has 1 spiro atoms. The van der Waals surface area contributed by atoms with E-state index in [0.717, 1.165) is 32.4 Å². The minimum atomic E-state index is -0.994. The van der Waals surface area contributed by atoms with Crippen LogP contribution in [0.1, 0.15) is 46.5 Å². The summed E-state index contributed by atoms with van der Waals surface area (Å²) in [6.07, 6.45) is 1.85. The maximum Gasteiger partial charge on any atom is 0.303 e. The summed E-state index contributed by atoms with van der Waals surface area (Å²) in [5.41, 5.74) is -1.50. The lowest BCUT2D eigenvalue weighted by Crippen LogP contribution is -2.80. The monoisotopic (exact) mass is 521 g/mol. The van der Waals surface area contributed by atoms with E-state index in [0.29, 0.717) is 13.0 Å². The molecular weight excluding hydrogens is 478 g/mol. The maximum absolute atomic E-state index is 12.8. The first-order chi connectivity index (χ1) is 17.6. The number of rotatable bonds is 7. The molecule has 1 aliphatic heterocycles. The van der Waals surface area contributed by atoms with E-state index in [1.807, 2.05) is 0 Å². The van der Waals surface area contributed by atoms with E-state index in [-0.39, 0.29) is 77.4 Å². The number of piperidine rings is 1. The van der Waals surface area contributed by atoms with Crippen LogP contribution in [0.5, 0.6) is 0 Å². The van der Waals surface area contributed by atoms with Crippen molar-refractivity contribution in [2.45, 2.75) is 82.5 Å². The maximum atomic E-state index is 12.8. The van der Waals surface area contributed by atoms with Crippen molar-refractivity contribution >= 4 is 11.9 Å². The molecule has 6 fully saturated rings. The van der Waals surface area contributed by atoms with Gasteiger partial charge in [0.25, 0.3) is 0 Å². The number of esters is 2. The Balaban J connectivity index is 1.52. The van der Waals surface area contributed by atoms with Gasteiger partial charge in [0.15, 0.2) is 0 Å². The Labute approximate surface area is 219 Å². The van der Waals surface area contributed by atoms with E-state index >= 15 is 0 Å². The number of ether oxygens (including phenoxy) is 5. The second kappa shape index (κ2) is 8.62. The second-order valence-electron chi connectivity index (χ2n) is 12.7. The molecule has 5 saturated carbocycles. The molecule has 6 rings (SSSR count). The van der Waals surface area contributed by atoms with Gasteiger partial charge in [0.2, 0.25) is 0 Å². The third-order valence-corrected chi connectivity index (χ3v) is 11.7. The van der Waals surface area contributed by atoms with Crippen LogP contribution in [0.15, 0.2) is 0 Å². The summed E-state index contributed by atoms with van der Waals surface area (Å²) in [7, 11) is 5.15. The van der Waals surface area contributed by atoms with Gasteiger partial charge < -0.3 is 28.8 Å². The highest BCUT2D eigenvalue weighted by molar-refractivity contribution is 5.66. The number of methoxy groups -OCH3 is 3. The van der Waals surface area contributed by atoms with Gasteiger partial charge in [-0.15, -0.1) is 0 Å². The molecule has 1 N–H and O–H groups in total. The van der Waals surface area contributed by atoms with Crippen molar-refractivity contribution in [3.63, 3.8) is 0 Å². The lowest BCUT2D eigenvalue weighted by atomic mass is 9.35. The Morgan fingerprint density at radius 1 is 1.03 bits per heavy atom. The summed E-state index contributed by atoms with van der Waals surface area (Å²) in [5, 5.41) is 12.8. The van der Waals surface area contributed by atoms with E-state index in [1.165, 1.54) is 13.8 Å². The lowest BCUT2D eigenvalue weighted by Gasteiger charge is -2.74. The summed E-state index contributed by atoms with van der Waals surface area (Å²) in [4.78, 5) is 26.9. The zero-order chi connectivity index (χ0) is 26.5. The average Bonchev–Trinajstić information content (AvgIpc) is 3.00. The molecule has 0 amide bonds. The highest BCUT2D eigenvalue weighted by Crippen LogP contribution is 2.80. The van der Waals surface area contributed by atoms with Crippen molar-refractivity contribution in [2.75, 3.05) is 41.0 Å². The van der Waals surface area contributed by atoms with E-state index in [9.17, 15) is 14.7 Å². The first-order valence-electron chi connectivity index (χ1n) is 14.0. The Bertz CT molecular complexity index is 960. The molecule has 9 nitrogen and oxygen atoms in total. The van der Waals surface area contributed by atoms with Crippen LogP contribution in [0.3, 0.4) is 0 Å². The number of carbonyl (C=O) groups excluding carboxylic acids is 2. The van der Waals surface area contributed by atoms with Crippen molar-refractivity contribution in [3.8, 4) is 0 Å². The smallest absolute Gasteiger partial charge is 0.303 e. The number of hydrogen-bond acceptors (Lipinski definition) is 9. The van der Waals surface area contributed by atoms with Crippen LogP contribution in [-0.2, 0) is 33.3 Å². The van der Waals surface area contributed by atoms with Crippen LogP contribution in [-0.4, -0.2) is 99.0 Å². The molecule has 37 heavy (non-hydrogen) atoms. The van der Waals surface area contributed by atoms with Gasteiger partial charge >= 0.3 is 11.9 Å². The van der Waals surface area contributed by atoms with Crippen LogP contribution < -0.4 is 0 Å². The molecule has 1 heterocycles. The van der Waals surface area contributed by atoms with E-state index in [4.69, 9.17) is 23.7 Å². The van der Waals surface area contributed by atoms with Gasteiger partial charge in [0.05, 0.1) is 24.4 Å². The van der Waals surface area contributed by atoms with E-state index in [2.05, 4.69) is 11.8 Å². The normalized spacial score (nSPS) is 53.2. The summed E-state index contributed by atoms with van der Waals surface area (Å²) in [6, 6.07) is 0.172. The number of aliphatic hydroxyl groups is 1. The SMILES string of the molecule is CCN1C[C@]2(COC)C(OC(C)=O)CC[C@@]34[C@@H]5CC6[C@@H](OC(C)=O)[C@H](OC)C[C@](O)([C@@H]([C@H](OC)[C@H]23)[C@@H]14)[C@@H]65. The summed E-state index contributed by atoms with van der Waals surface area (Å²) >= 11 is 0. The minimum absolute atomic E-state index is 0.0227. The standard InChI is InChI=1S/C28H43NO8/c1-7-29-12-26(13-33-4)19(36-14(2)30)8-9-27-17-10-16-20(17)28(32,11-18(34-5)22(16)37-15(3)31)21(25(27)29)23(35-6)24(26)27/h16-25,32H,7-13H2,1-6H3/t16?,17-,18-,19?,20+,21+,22-,23+,24-,25-,26+,27-,28-/m1/s1. The Hall–Kier alpha value is -1.26. The quantitative estimate of drug-likeness (QED) is 0.501. The van der Waals surface area contributed by atoms with Crippen LogP contribution >= 0.6 is 0 Å². The van der Waals surface area contributed by atoms with Crippen LogP contribution in [0.25, 0.3) is 0 Å². The van der Waals surface area contributed by atoms with Gasteiger partial charge in [-0.3, -0.25) is 14.5 Å². The fraction of sp³-hybridized carbons (Fsp3) is 0.929. The van der Waals surface area contributed by atoms with Crippen molar-refractivity contribution in [1.29, 1.82) is 0 Å². The fourth-order valence-electron chi connectivity index (χ4n) is 11.2. The Kier molecular flexibility index (Phi) is 6.05. The lowest BCUT2D eigenvalue weighted by molar-refractivity contribution is -0.325. The van der Waals surface area contributed by atoms with Gasteiger partial charge in [0.1, 0.15) is 12.2 Å². The average molecular weight is 522 g/mol. The van der Waals surface area contributed by atoms with Gasteiger partial charge in [-0.25, -0.2) is 0 Å². The first-order valence-corrected chi connectivity index (χ1v) is 14.0. The van der Waals surface area contributed by atoms with Gasteiger partial charge in [0, 0.05) is 77.4 Å². The highest BCUT2D eigenvalue weighted by Gasteiger charge is 2.86. The molecular formula is C28H43NO8. The summed E-state index contributed by atoms with van der Waals surface area (Å²) in [6.45, 7) is 7.19. The van der Waals surface area contributed by atoms with Crippen LogP contribution in [0.4, 0.5) is 0 Å². The topological polar surface area (TPSA) is 104 Å². The molecule has 0 aromatic carbocycles. The third-order valence-electron chi connectivity index (χ3n) is 11.7. The second-order valence-corrected chi connectivity index (χ2v) is 12.7. The van der Waals surface area contributed by atoms with Crippen molar-refractivity contribution in [3.05, 3.63) is 0 Å². The van der Waals surface area contributed by atoms with Crippen LogP contribution in [0.2, 0.25) is 0 Å². The summed E-state index contributed by atoms with van der Waals surface area (Å²) in [5.74, 6) is -0.232. The Morgan fingerprint density at radius 2 is 1.76 bits per heavy atom. The van der Waals surface area contributed by atoms with Gasteiger partial charge in [-0.05, 0) is 43.1 Å². The largest absolute Gasteiger partial charge is 0.462 e. The first kappa shape index (κ1) is 26.0. The molecule has 1 saturated heterocycles. The fourth-order valence-corrected chi connectivity index (χ4v) is 11.2. The molecule has 0 radical (unpaired) electrons. The Morgan fingerprint density at radius 3 is 2.35 bits per heavy atom. The van der Waals surface area contributed by atoms with Crippen molar-refractivity contribution in [1.82, 2.24) is 4.90 Å².